The summed E-state index contributed by atoms with van der Waals surface area (Å²) < 4.78 is 6.40. The zero-order chi connectivity index (χ0) is 28.2. The number of para-hydroxylation sites is 2. The molecule has 0 spiro atoms. The summed E-state index contributed by atoms with van der Waals surface area (Å²) >= 11 is 0. The van der Waals surface area contributed by atoms with Crippen LogP contribution in [0.15, 0.2) is 117 Å². The first-order chi connectivity index (χ1) is 19.3. The van der Waals surface area contributed by atoms with Gasteiger partial charge in [0.15, 0.2) is 0 Å². The number of aromatic nitrogens is 2. The van der Waals surface area contributed by atoms with Crippen LogP contribution in [0.4, 0.5) is 10.5 Å². The topological polar surface area (TPSA) is 155 Å². The maximum atomic E-state index is 13.1. The number of carbonyl (C=O) groups is 3. The number of nitrogens with one attached hydrogen (secondary N) is 2. The molecule has 2 aromatic heterocycles. The molecule has 0 aliphatic carbocycles. The van der Waals surface area contributed by atoms with E-state index in [0.29, 0.717) is 17.0 Å². The summed E-state index contributed by atoms with van der Waals surface area (Å²) in [5.74, 6) is -2.00. The van der Waals surface area contributed by atoms with Gasteiger partial charge < -0.3 is 9.52 Å². The van der Waals surface area contributed by atoms with E-state index in [1.54, 1.807) is 72.8 Å². The number of nitrogens with zero attached hydrogens (tertiary/aromatic N) is 2. The minimum atomic E-state index is -0.884. The Kier molecular flexibility index (Phi) is 6.93. The number of anilines is 1. The van der Waals surface area contributed by atoms with Gasteiger partial charge in [0.2, 0.25) is 5.88 Å². The molecular formula is C29H20N4O7. The van der Waals surface area contributed by atoms with Gasteiger partial charge in [-0.1, -0.05) is 48.6 Å². The molecular weight excluding hydrogens is 516 g/mol. The zero-order valence-corrected chi connectivity index (χ0v) is 20.6. The van der Waals surface area contributed by atoms with E-state index in [1.807, 2.05) is 0 Å². The molecule has 3 heterocycles. The second kappa shape index (κ2) is 10.8. The second-order valence-electron chi connectivity index (χ2n) is 8.42. The average Bonchev–Trinajstić information content (AvgIpc) is 3.47. The van der Waals surface area contributed by atoms with Crippen LogP contribution in [0.25, 0.3) is 17.3 Å². The number of rotatable bonds is 6. The van der Waals surface area contributed by atoms with E-state index in [1.165, 1.54) is 30.6 Å². The minimum absolute atomic E-state index is 0.221. The van der Waals surface area contributed by atoms with E-state index >= 15 is 0 Å². The fourth-order valence-electron chi connectivity index (χ4n) is 4.00. The van der Waals surface area contributed by atoms with Gasteiger partial charge in [0.05, 0.1) is 17.6 Å². The molecule has 5 rings (SSSR count). The van der Waals surface area contributed by atoms with Crippen molar-refractivity contribution in [1.82, 2.24) is 14.9 Å². The van der Waals surface area contributed by atoms with Crippen LogP contribution in [-0.2, 0) is 9.59 Å². The maximum absolute atomic E-state index is 13.1. The third kappa shape index (κ3) is 4.94. The first kappa shape index (κ1) is 25.7. The van der Waals surface area contributed by atoms with Crippen LogP contribution in [0.5, 0.6) is 5.88 Å². The smallest absolute Gasteiger partial charge is 0.335 e. The van der Waals surface area contributed by atoms with Crippen LogP contribution in [0.2, 0.25) is 0 Å². The van der Waals surface area contributed by atoms with Crippen molar-refractivity contribution < 1.29 is 23.9 Å². The summed E-state index contributed by atoms with van der Waals surface area (Å²) in [6.07, 6.45) is 6.68. The first-order valence-electron chi connectivity index (χ1n) is 11.9. The summed E-state index contributed by atoms with van der Waals surface area (Å²) in [7, 11) is 0. The number of barbiturate groups is 1. The first-order valence-corrected chi connectivity index (χ1v) is 11.9. The molecule has 40 heavy (non-hydrogen) atoms. The monoisotopic (exact) mass is 536 g/mol. The normalized spacial score (nSPS) is 15.2. The van der Waals surface area contributed by atoms with Crippen molar-refractivity contribution in [2.24, 2.45) is 0 Å². The average molecular weight is 537 g/mol. The molecule has 0 bridgehead atoms. The molecule has 3 N–H and O–H groups in total. The summed E-state index contributed by atoms with van der Waals surface area (Å²) in [5.41, 5.74) is -1.28. The van der Waals surface area contributed by atoms with Crippen LogP contribution in [0.3, 0.4) is 0 Å². The Bertz CT molecular complexity index is 1810. The van der Waals surface area contributed by atoms with Crippen LogP contribution in [-0.4, -0.2) is 32.5 Å². The molecule has 4 amide bonds. The second-order valence-corrected chi connectivity index (χ2v) is 8.42. The number of furan rings is 1. The number of aromatic hydroxyl groups is 1. The van der Waals surface area contributed by atoms with Crippen molar-refractivity contribution >= 4 is 35.2 Å². The number of H-pyrrole nitrogens is 1. The summed E-state index contributed by atoms with van der Waals surface area (Å²) in [4.78, 5) is 66.0. The van der Waals surface area contributed by atoms with Crippen molar-refractivity contribution in [3.63, 3.8) is 0 Å². The van der Waals surface area contributed by atoms with Crippen LogP contribution >= 0.6 is 0 Å². The predicted molar refractivity (Wildman–Crippen MR) is 146 cm³/mol. The number of allylic oxidation sites excluding steroid dienone is 4. The number of hydrogen-bond acceptors (Lipinski definition) is 7. The van der Waals surface area contributed by atoms with Crippen molar-refractivity contribution in [2.75, 3.05) is 4.90 Å². The lowest BCUT2D eigenvalue weighted by atomic mass is 10.1. The molecule has 0 saturated carbocycles. The molecule has 1 aliphatic heterocycles. The molecule has 2 aromatic carbocycles. The molecule has 0 radical (unpaired) electrons. The maximum Gasteiger partial charge on any atom is 0.335 e. The van der Waals surface area contributed by atoms with Gasteiger partial charge in [-0.05, 0) is 48.6 Å². The van der Waals surface area contributed by atoms with E-state index in [0.717, 1.165) is 9.47 Å². The third-order valence-electron chi connectivity index (χ3n) is 5.92. The van der Waals surface area contributed by atoms with E-state index in [2.05, 4.69) is 10.3 Å². The number of carbonyl (C=O) groups excluding carboxylic acids is 3. The molecule has 1 saturated heterocycles. The number of hydrogen-bond donors (Lipinski definition) is 3. The summed E-state index contributed by atoms with van der Waals surface area (Å²) in [6, 6.07) is 18.7. The third-order valence-corrected chi connectivity index (χ3v) is 5.92. The van der Waals surface area contributed by atoms with Gasteiger partial charge in [-0.3, -0.25) is 24.7 Å². The lowest BCUT2D eigenvalue weighted by molar-refractivity contribution is -0.122. The van der Waals surface area contributed by atoms with Gasteiger partial charge >= 0.3 is 11.7 Å². The largest absolute Gasteiger partial charge is 0.494 e. The molecule has 11 nitrogen and oxygen atoms in total. The number of urea groups is 1. The lowest BCUT2D eigenvalue weighted by Gasteiger charge is -2.26. The van der Waals surface area contributed by atoms with E-state index in [9.17, 15) is 29.1 Å². The fraction of sp³-hybridized carbons (Fsp3) is 0. The highest BCUT2D eigenvalue weighted by atomic mass is 16.3. The van der Waals surface area contributed by atoms with Gasteiger partial charge in [0.25, 0.3) is 17.4 Å². The van der Waals surface area contributed by atoms with E-state index < -0.39 is 35.0 Å². The van der Waals surface area contributed by atoms with Crippen molar-refractivity contribution in [2.45, 2.75) is 0 Å². The van der Waals surface area contributed by atoms with Crippen LogP contribution in [0, 0.1) is 0 Å². The number of aromatic amines is 1. The number of benzene rings is 2. The number of amides is 4. The summed E-state index contributed by atoms with van der Waals surface area (Å²) in [5, 5.41) is 13.0. The molecule has 1 aliphatic rings. The Balaban J connectivity index is 1.56. The standard InChI is InChI=1S/C29H20N4O7/c34-24-21(26(36)32(28(38)30-24)19-8-3-1-4-9-19)15-13-18(23-12-7-17-40-23)14-16-22-25(35)31-29(39)33(27(22)37)20-10-5-2-6-11-20/h1-17,36H,(H,30,34,38)(H,31,35,39). The van der Waals surface area contributed by atoms with Crippen molar-refractivity contribution in [3.05, 3.63) is 135 Å². The fourth-order valence-corrected chi connectivity index (χ4v) is 4.00. The highest BCUT2D eigenvalue weighted by Gasteiger charge is 2.36. The zero-order valence-electron chi connectivity index (χ0n) is 20.6. The Hall–Kier alpha value is -5.97. The van der Waals surface area contributed by atoms with Gasteiger partial charge in [0, 0.05) is 5.57 Å². The molecule has 4 aromatic rings. The Morgan fingerprint density at radius 3 is 2.17 bits per heavy atom. The summed E-state index contributed by atoms with van der Waals surface area (Å²) in [6.45, 7) is 0. The highest BCUT2D eigenvalue weighted by molar-refractivity contribution is 6.37. The minimum Gasteiger partial charge on any atom is -0.494 e. The highest BCUT2D eigenvalue weighted by Crippen LogP contribution is 2.24. The number of imide groups is 2. The molecule has 198 valence electrons. The quantitative estimate of drug-likeness (QED) is 0.194. The van der Waals surface area contributed by atoms with E-state index in [4.69, 9.17) is 4.42 Å². The van der Waals surface area contributed by atoms with Gasteiger partial charge in [-0.15, -0.1) is 0 Å². The molecule has 1 fully saturated rings. The molecule has 0 unspecified atom stereocenters. The van der Waals surface area contributed by atoms with Crippen LogP contribution < -0.4 is 21.5 Å². The Labute approximate surface area is 225 Å². The van der Waals surface area contributed by atoms with Crippen molar-refractivity contribution in [1.29, 1.82) is 0 Å². The van der Waals surface area contributed by atoms with Crippen LogP contribution in [0.1, 0.15) is 11.3 Å². The lowest BCUT2D eigenvalue weighted by Crippen LogP contribution is -2.54. The molecule has 0 atom stereocenters. The van der Waals surface area contributed by atoms with E-state index in [-0.39, 0.29) is 16.8 Å². The van der Waals surface area contributed by atoms with Gasteiger partial charge in [-0.2, -0.15) is 0 Å². The predicted octanol–water partition coefficient (Wildman–Crippen LogP) is 3.13. The Morgan fingerprint density at radius 1 is 0.850 bits per heavy atom. The van der Waals surface area contributed by atoms with Gasteiger partial charge in [-0.25, -0.2) is 19.1 Å². The SMILES string of the molecule is O=C1NC(=O)N(c2ccccc2)C(=O)C1=CC=C(C=Cc1c(O)n(-c2ccccc2)c(=O)[nH]c1=O)c1ccco1. The Morgan fingerprint density at radius 2 is 1.52 bits per heavy atom. The van der Waals surface area contributed by atoms with Gasteiger partial charge in [0.1, 0.15) is 16.9 Å². The molecule has 11 heteroatoms. The van der Waals surface area contributed by atoms with Crippen molar-refractivity contribution in [3.8, 4) is 11.6 Å².